The smallest absolute Gasteiger partial charge is 0.143 e. The highest BCUT2D eigenvalue weighted by Crippen LogP contribution is 2.39. The van der Waals surface area contributed by atoms with Crippen LogP contribution in [0.4, 0.5) is 0 Å². The number of halogens is 1. The Kier molecular flexibility index (Phi) is 2.49. The molecule has 0 spiro atoms. The Hall–Kier alpha value is -0.630. The molecule has 0 aromatic carbocycles. The highest BCUT2D eigenvalue weighted by atomic mass is 35.5. The van der Waals surface area contributed by atoms with Crippen molar-refractivity contribution < 1.29 is 0 Å². The number of hydrogen-bond acceptors (Lipinski definition) is 2. The lowest BCUT2D eigenvalue weighted by molar-refractivity contribution is 0.879. The van der Waals surface area contributed by atoms with Gasteiger partial charge < -0.3 is 0 Å². The minimum Gasteiger partial charge on any atom is -0.237 e. The second-order valence-corrected chi connectivity index (χ2v) is 3.73. The quantitative estimate of drug-likeness (QED) is 0.695. The van der Waals surface area contributed by atoms with E-state index in [4.69, 9.17) is 11.6 Å². The number of rotatable bonds is 3. The van der Waals surface area contributed by atoms with Gasteiger partial charge in [0.1, 0.15) is 5.82 Å². The molecule has 1 heterocycles. The maximum absolute atomic E-state index is 5.73. The molecule has 2 rings (SSSR count). The Morgan fingerprint density at radius 2 is 2.23 bits per heavy atom. The normalized spacial score (nSPS) is 16.2. The molecule has 2 nitrogen and oxygen atoms in total. The van der Waals surface area contributed by atoms with Gasteiger partial charge in [-0.2, -0.15) is 0 Å². The van der Waals surface area contributed by atoms with Crippen LogP contribution in [0.2, 0.25) is 0 Å². The van der Waals surface area contributed by atoms with Crippen molar-refractivity contribution in [2.24, 2.45) is 0 Å². The number of nitrogens with zero attached hydrogens (tertiary/aromatic N) is 2. The first-order valence-corrected chi connectivity index (χ1v) is 5.29. The molecule has 1 fully saturated rings. The zero-order valence-electron chi connectivity index (χ0n) is 7.76. The second-order valence-electron chi connectivity index (χ2n) is 3.46. The van der Waals surface area contributed by atoms with E-state index in [-0.39, 0.29) is 0 Å². The topological polar surface area (TPSA) is 25.8 Å². The lowest BCUT2D eigenvalue weighted by Crippen LogP contribution is -2.00. The van der Waals surface area contributed by atoms with Crippen molar-refractivity contribution in [2.45, 2.75) is 38.0 Å². The molecule has 70 valence electrons. The lowest BCUT2D eigenvalue weighted by Gasteiger charge is -2.03. The third-order valence-electron chi connectivity index (χ3n) is 2.32. The van der Waals surface area contributed by atoms with Crippen molar-refractivity contribution in [1.29, 1.82) is 0 Å². The summed E-state index contributed by atoms with van der Waals surface area (Å²) in [6.45, 7) is 2.11. The molecule has 0 N–H and O–H groups in total. The van der Waals surface area contributed by atoms with E-state index in [9.17, 15) is 0 Å². The first kappa shape index (κ1) is 8.95. The fourth-order valence-electron chi connectivity index (χ4n) is 1.40. The molecule has 3 heteroatoms. The highest BCUT2D eigenvalue weighted by Gasteiger charge is 2.25. The van der Waals surface area contributed by atoms with Gasteiger partial charge in [-0.25, -0.2) is 9.97 Å². The van der Waals surface area contributed by atoms with Gasteiger partial charge in [-0.1, -0.05) is 6.92 Å². The van der Waals surface area contributed by atoms with Crippen LogP contribution in [0.5, 0.6) is 0 Å². The summed E-state index contributed by atoms with van der Waals surface area (Å²) in [6.07, 6.45) is 3.52. The molecule has 0 amide bonds. The van der Waals surface area contributed by atoms with Crippen LogP contribution in [0.3, 0.4) is 0 Å². The number of aryl methyl sites for hydroxylation is 1. The molecule has 0 unspecified atom stereocenters. The average molecular weight is 197 g/mol. The van der Waals surface area contributed by atoms with Crippen LogP contribution in [0, 0.1) is 0 Å². The molecule has 1 aliphatic rings. The van der Waals surface area contributed by atoms with Gasteiger partial charge in [0.25, 0.3) is 0 Å². The zero-order chi connectivity index (χ0) is 9.26. The Morgan fingerprint density at radius 1 is 1.46 bits per heavy atom. The lowest BCUT2D eigenvalue weighted by atomic mass is 10.2. The molecule has 0 radical (unpaired) electrons. The maximum atomic E-state index is 5.73. The first-order valence-electron chi connectivity index (χ1n) is 4.76. The number of aromatic nitrogens is 2. The van der Waals surface area contributed by atoms with Gasteiger partial charge >= 0.3 is 0 Å². The molecule has 0 bridgehead atoms. The molecule has 1 aromatic rings. The fraction of sp³-hybridized carbons (Fsp3) is 0.600. The monoisotopic (exact) mass is 196 g/mol. The summed E-state index contributed by atoms with van der Waals surface area (Å²) in [5.41, 5.74) is 2.31. The van der Waals surface area contributed by atoms with Crippen molar-refractivity contribution in [2.75, 3.05) is 0 Å². The van der Waals surface area contributed by atoms with Crippen LogP contribution < -0.4 is 0 Å². The summed E-state index contributed by atoms with van der Waals surface area (Å²) in [6, 6.07) is 2.12. The predicted molar refractivity (Wildman–Crippen MR) is 52.9 cm³/mol. The minimum atomic E-state index is 0.424. The van der Waals surface area contributed by atoms with Crippen molar-refractivity contribution >= 4 is 11.6 Å². The summed E-state index contributed by atoms with van der Waals surface area (Å²) in [5.74, 6) is 1.89. The Morgan fingerprint density at radius 3 is 2.77 bits per heavy atom. The Labute approximate surface area is 83.4 Å². The van der Waals surface area contributed by atoms with Gasteiger partial charge in [0, 0.05) is 17.3 Å². The molecule has 13 heavy (non-hydrogen) atoms. The van der Waals surface area contributed by atoms with Crippen molar-refractivity contribution in [3.8, 4) is 0 Å². The summed E-state index contributed by atoms with van der Waals surface area (Å²) in [7, 11) is 0. The van der Waals surface area contributed by atoms with Crippen LogP contribution in [0.25, 0.3) is 0 Å². The first-order chi connectivity index (χ1) is 6.33. The zero-order valence-corrected chi connectivity index (χ0v) is 8.51. The Bertz CT molecular complexity index is 286. The summed E-state index contributed by atoms with van der Waals surface area (Å²) in [4.78, 5) is 8.76. The van der Waals surface area contributed by atoms with Gasteiger partial charge in [-0.05, 0) is 25.3 Å². The maximum Gasteiger partial charge on any atom is 0.143 e. The fourth-order valence-corrected chi connectivity index (χ4v) is 1.52. The van der Waals surface area contributed by atoms with Crippen LogP contribution in [0.15, 0.2) is 6.07 Å². The van der Waals surface area contributed by atoms with Crippen LogP contribution >= 0.6 is 11.6 Å². The third kappa shape index (κ3) is 1.99. The standard InChI is InChI=1S/C10H13ClN2/c1-2-8-5-9(7-3-4-7)13-10(6-11)12-8/h5,7H,2-4,6H2,1H3. The molecule has 0 aliphatic heterocycles. The molecule has 1 aliphatic carbocycles. The predicted octanol–water partition coefficient (Wildman–Crippen LogP) is 2.66. The van der Waals surface area contributed by atoms with Crippen molar-refractivity contribution in [3.63, 3.8) is 0 Å². The minimum absolute atomic E-state index is 0.424. The van der Waals surface area contributed by atoms with E-state index < -0.39 is 0 Å². The van der Waals surface area contributed by atoms with E-state index in [0.717, 1.165) is 17.9 Å². The van der Waals surface area contributed by atoms with E-state index in [1.54, 1.807) is 0 Å². The van der Waals surface area contributed by atoms with Gasteiger partial charge in [0.05, 0.1) is 5.88 Å². The number of hydrogen-bond donors (Lipinski definition) is 0. The summed E-state index contributed by atoms with van der Waals surface area (Å²) < 4.78 is 0. The van der Waals surface area contributed by atoms with Crippen LogP contribution in [-0.2, 0) is 12.3 Å². The molecule has 0 saturated heterocycles. The van der Waals surface area contributed by atoms with Gasteiger partial charge in [-0.3, -0.25) is 0 Å². The SMILES string of the molecule is CCc1cc(C2CC2)nc(CCl)n1. The third-order valence-corrected chi connectivity index (χ3v) is 2.56. The largest absolute Gasteiger partial charge is 0.237 e. The Balaban J connectivity index is 2.33. The van der Waals surface area contributed by atoms with Crippen molar-refractivity contribution in [3.05, 3.63) is 23.3 Å². The molecule has 1 saturated carbocycles. The second kappa shape index (κ2) is 3.62. The average Bonchev–Trinajstić information content (AvgIpc) is 3.00. The molecule has 0 atom stereocenters. The van der Waals surface area contributed by atoms with E-state index in [1.165, 1.54) is 18.5 Å². The van der Waals surface area contributed by atoms with Gasteiger partial charge in [-0.15, -0.1) is 11.6 Å². The van der Waals surface area contributed by atoms with Crippen molar-refractivity contribution in [1.82, 2.24) is 9.97 Å². The van der Waals surface area contributed by atoms with E-state index in [1.807, 2.05) is 0 Å². The van der Waals surface area contributed by atoms with Gasteiger partial charge in [0.15, 0.2) is 0 Å². The highest BCUT2D eigenvalue weighted by molar-refractivity contribution is 6.16. The van der Waals surface area contributed by atoms with Crippen LogP contribution in [-0.4, -0.2) is 9.97 Å². The molecule has 1 aromatic heterocycles. The summed E-state index contributed by atoms with van der Waals surface area (Å²) >= 11 is 5.73. The van der Waals surface area contributed by atoms with E-state index in [0.29, 0.717) is 11.8 Å². The van der Waals surface area contributed by atoms with E-state index >= 15 is 0 Å². The van der Waals surface area contributed by atoms with Gasteiger partial charge in [0.2, 0.25) is 0 Å². The van der Waals surface area contributed by atoms with Crippen LogP contribution in [0.1, 0.15) is 42.9 Å². The molecular formula is C10H13ClN2. The summed E-state index contributed by atoms with van der Waals surface area (Å²) in [5, 5.41) is 0. The van der Waals surface area contributed by atoms with E-state index in [2.05, 4.69) is 23.0 Å². The molecular weight excluding hydrogens is 184 g/mol. The number of alkyl halides is 1.